The molecule has 0 spiro atoms. The first-order chi connectivity index (χ1) is 13.5. The van der Waals surface area contributed by atoms with Crippen LogP contribution in [0.4, 0.5) is 13.2 Å². The lowest BCUT2D eigenvalue weighted by atomic mass is 10.0. The van der Waals surface area contributed by atoms with Gasteiger partial charge in [0.25, 0.3) is 5.91 Å². The van der Waals surface area contributed by atoms with Crippen molar-refractivity contribution in [2.45, 2.75) is 12.5 Å². The molecule has 1 N–H and O–H groups in total. The Morgan fingerprint density at radius 2 is 1.82 bits per heavy atom. The van der Waals surface area contributed by atoms with Crippen molar-refractivity contribution < 1.29 is 22.7 Å². The summed E-state index contributed by atoms with van der Waals surface area (Å²) in [6.45, 7) is 0.0265. The zero-order valence-corrected chi connectivity index (χ0v) is 14.6. The molecule has 0 fully saturated rings. The van der Waals surface area contributed by atoms with Gasteiger partial charge in [0.05, 0.1) is 6.54 Å². The zero-order valence-electron chi connectivity index (χ0n) is 14.6. The number of carbonyl (C=O) groups excluding carboxylic acids is 1. The van der Waals surface area contributed by atoms with Crippen molar-refractivity contribution in [2.24, 2.45) is 0 Å². The SMILES string of the molecule is O=C(NCC1Cc2cccc(-c3ccncc3)c2O1)c1c(F)ccc(F)c1F. The van der Waals surface area contributed by atoms with Crippen LogP contribution < -0.4 is 10.1 Å². The van der Waals surface area contributed by atoms with Crippen LogP contribution in [-0.4, -0.2) is 23.5 Å². The molecule has 0 radical (unpaired) electrons. The zero-order chi connectivity index (χ0) is 19.7. The lowest BCUT2D eigenvalue weighted by Crippen LogP contribution is -2.35. The van der Waals surface area contributed by atoms with Crippen LogP contribution in [0, 0.1) is 17.5 Å². The van der Waals surface area contributed by atoms with E-state index in [0.717, 1.165) is 22.8 Å². The number of aromatic nitrogens is 1. The van der Waals surface area contributed by atoms with Crippen molar-refractivity contribution in [1.82, 2.24) is 10.3 Å². The Morgan fingerprint density at radius 3 is 2.61 bits per heavy atom. The highest BCUT2D eigenvalue weighted by Crippen LogP contribution is 2.38. The molecule has 7 heteroatoms. The normalized spacial score (nSPS) is 15.0. The van der Waals surface area contributed by atoms with Gasteiger partial charge >= 0.3 is 0 Å². The van der Waals surface area contributed by atoms with Crippen LogP contribution in [0.1, 0.15) is 15.9 Å². The molecule has 28 heavy (non-hydrogen) atoms. The molecule has 4 nitrogen and oxygen atoms in total. The van der Waals surface area contributed by atoms with Gasteiger partial charge in [0.2, 0.25) is 0 Å². The van der Waals surface area contributed by atoms with Crippen molar-refractivity contribution in [3.63, 3.8) is 0 Å². The van der Waals surface area contributed by atoms with Crippen molar-refractivity contribution in [3.05, 3.63) is 83.4 Å². The number of hydrogen-bond donors (Lipinski definition) is 1. The molecular weight excluding hydrogens is 369 g/mol. The molecule has 2 heterocycles. The second-order valence-electron chi connectivity index (χ2n) is 6.40. The molecule has 0 aliphatic carbocycles. The van der Waals surface area contributed by atoms with Gasteiger partial charge < -0.3 is 10.1 Å². The van der Waals surface area contributed by atoms with E-state index in [1.807, 2.05) is 30.3 Å². The summed E-state index contributed by atoms with van der Waals surface area (Å²) in [4.78, 5) is 16.1. The summed E-state index contributed by atoms with van der Waals surface area (Å²) in [5.74, 6) is -4.22. The number of pyridine rings is 1. The van der Waals surface area contributed by atoms with Gasteiger partial charge in [-0.25, -0.2) is 13.2 Å². The van der Waals surface area contributed by atoms with Crippen LogP contribution in [0.15, 0.2) is 54.9 Å². The van der Waals surface area contributed by atoms with Crippen molar-refractivity contribution in [1.29, 1.82) is 0 Å². The van der Waals surface area contributed by atoms with E-state index in [-0.39, 0.29) is 6.54 Å². The van der Waals surface area contributed by atoms with Gasteiger partial charge in [-0.15, -0.1) is 0 Å². The second-order valence-corrected chi connectivity index (χ2v) is 6.40. The highest BCUT2D eigenvalue weighted by atomic mass is 19.2. The fourth-order valence-electron chi connectivity index (χ4n) is 3.24. The second kappa shape index (κ2) is 7.34. The fraction of sp³-hybridized carbons (Fsp3) is 0.143. The predicted octanol–water partition coefficient (Wildman–Crippen LogP) is 3.90. The summed E-state index contributed by atoms with van der Waals surface area (Å²) in [6, 6.07) is 10.8. The Hall–Kier alpha value is -3.35. The smallest absolute Gasteiger partial charge is 0.257 e. The number of amides is 1. The quantitative estimate of drug-likeness (QED) is 0.694. The number of ether oxygens (including phenoxy) is 1. The van der Waals surface area contributed by atoms with Crippen molar-refractivity contribution in [2.75, 3.05) is 6.54 Å². The molecule has 3 aromatic rings. The standard InChI is InChI=1S/C21H15F3N2O2/c22-16-4-5-17(23)19(24)18(16)21(27)26-11-14-10-13-2-1-3-15(20(13)28-14)12-6-8-25-9-7-12/h1-9,14H,10-11H2,(H,26,27). The van der Waals surface area contributed by atoms with Gasteiger partial charge in [-0.1, -0.05) is 18.2 Å². The molecule has 1 aliphatic heterocycles. The van der Waals surface area contributed by atoms with Gasteiger partial charge in [-0.05, 0) is 35.4 Å². The molecule has 1 aliphatic rings. The number of hydrogen-bond acceptors (Lipinski definition) is 3. The number of fused-ring (bicyclic) bond motifs is 1. The van der Waals surface area contributed by atoms with Crippen LogP contribution in [0.5, 0.6) is 5.75 Å². The predicted molar refractivity (Wildman–Crippen MR) is 96.4 cm³/mol. The third-order valence-corrected chi connectivity index (χ3v) is 4.58. The lowest BCUT2D eigenvalue weighted by Gasteiger charge is -2.14. The van der Waals surface area contributed by atoms with Crippen LogP contribution in [0.3, 0.4) is 0 Å². The molecule has 1 amide bonds. The third-order valence-electron chi connectivity index (χ3n) is 4.58. The molecule has 2 aromatic carbocycles. The van der Waals surface area contributed by atoms with E-state index >= 15 is 0 Å². The number of carbonyl (C=O) groups is 1. The maximum atomic E-state index is 13.8. The number of nitrogens with one attached hydrogen (secondary N) is 1. The largest absolute Gasteiger partial charge is 0.487 e. The van der Waals surface area contributed by atoms with Gasteiger partial charge in [-0.2, -0.15) is 0 Å². The van der Waals surface area contributed by atoms with E-state index < -0.39 is 35.0 Å². The molecule has 1 atom stereocenters. The summed E-state index contributed by atoms with van der Waals surface area (Å²) >= 11 is 0. The summed E-state index contributed by atoms with van der Waals surface area (Å²) in [5.41, 5.74) is 1.88. The van der Waals surface area contributed by atoms with Gasteiger partial charge in [0.15, 0.2) is 11.6 Å². The van der Waals surface area contributed by atoms with Gasteiger partial charge in [0, 0.05) is 24.4 Å². The van der Waals surface area contributed by atoms with Crippen molar-refractivity contribution >= 4 is 5.91 Å². The maximum absolute atomic E-state index is 13.8. The van der Waals surface area contributed by atoms with E-state index in [4.69, 9.17) is 4.74 Å². The summed E-state index contributed by atoms with van der Waals surface area (Å²) in [7, 11) is 0. The van der Waals surface area contributed by atoms with E-state index in [0.29, 0.717) is 18.2 Å². The molecule has 0 saturated carbocycles. The monoisotopic (exact) mass is 384 g/mol. The first-order valence-corrected chi connectivity index (χ1v) is 8.65. The number of nitrogens with zero attached hydrogens (tertiary/aromatic N) is 1. The average Bonchev–Trinajstić information content (AvgIpc) is 3.13. The van der Waals surface area contributed by atoms with E-state index in [1.165, 1.54) is 0 Å². The first-order valence-electron chi connectivity index (χ1n) is 8.65. The number of rotatable bonds is 4. The summed E-state index contributed by atoms with van der Waals surface area (Å²) in [6.07, 6.45) is 3.50. The molecule has 1 aromatic heterocycles. The Bertz CT molecular complexity index is 1040. The third kappa shape index (κ3) is 3.31. The summed E-state index contributed by atoms with van der Waals surface area (Å²) < 4.78 is 46.8. The Morgan fingerprint density at radius 1 is 1.07 bits per heavy atom. The van der Waals surface area contributed by atoms with Crippen LogP contribution in [-0.2, 0) is 6.42 Å². The Balaban J connectivity index is 1.48. The number of para-hydroxylation sites is 1. The van der Waals surface area contributed by atoms with Crippen LogP contribution >= 0.6 is 0 Å². The molecule has 0 saturated heterocycles. The van der Waals surface area contributed by atoms with Gasteiger partial charge in [-0.3, -0.25) is 9.78 Å². The minimum Gasteiger partial charge on any atom is -0.487 e. The van der Waals surface area contributed by atoms with Crippen LogP contribution in [0.2, 0.25) is 0 Å². The molecule has 4 rings (SSSR count). The van der Waals surface area contributed by atoms with Crippen molar-refractivity contribution in [3.8, 4) is 16.9 Å². The summed E-state index contributed by atoms with van der Waals surface area (Å²) in [5, 5.41) is 2.42. The number of halogens is 3. The Labute approximate surface area is 159 Å². The molecular formula is C21H15F3N2O2. The molecule has 142 valence electrons. The minimum absolute atomic E-state index is 0.0265. The average molecular weight is 384 g/mol. The van der Waals surface area contributed by atoms with Crippen LogP contribution in [0.25, 0.3) is 11.1 Å². The van der Waals surface area contributed by atoms with E-state index in [1.54, 1.807) is 12.4 Å². The minimum atomic E-state index is -1.51. The highest BCUT2D eigenvalue weighted by Gasteiger charge is 2.27. The highest BCUT2D eigenvalue weighted by molar-refractivity contribution is 5.94. The van der Waals surface area contributed by atoms with E-state index in [2.05, 4.69) is 10.3 Å². The lowest BCUT2D eigenvalue weighted by molar-refractivity contribution is 0.0924. The fourth-order valence-corrected chi connectivity index (χ4v) is 3.24. The van der Waals surface area contributed by atoms with E-state index in [9.17, 15) is 18.0 Å². The first kappa shape index (κ1) is 18.0. The molecule has 0 bridgehead atoms. The van der Waals surface area contributed by atoms with Gasteiger partial charge in [0.1, 0.15) is 23.2 Å². The number of benzene rings is 2. The topological polar surface area (TPSA) is 51.2 Å². The Kier molecular flexibility index (Phi) is 4.73. The molecule has 1 unspecified atom stereocenters. The maximum Gasteiger partial charge on any atom is 0.257 e.